The van der Waals surface area contributed by atoms with Gasteiger partial charge in [-0.1, -0.05) is 47.1 Å². The van der Waals surface area contributed by atoms with Crippen molar-refractivity contribution in [2.24, 2.45) is 0 Å². The van der Waals surface area contributed by atoms with Crippen molar-refractivity contribution < 1.29 is 18.7 Å². The minimum atomic E-state index is -0.704. The van der Waals surface area contributed by atoms with Crippen LogP contribution in [-0.2, 0) is 16.1 Å². The lowest BCUT2D eigenvalue weighted by Gasteiger charge is -2.29. The van der Waals surface area contributed by atoms with Gasteiger partial charge in [0.25, 0.3) is 5.91 Å². The van der Waals surface area contributed by atoms with Gasteiger partial charge in [-0.3, -0.25) is 9.59 Å². The molecule has 5 nitrogen and oxygen atoms in total. The molecule has 1 N–H and O–H groups in total. The Balaban J connectivity index is 2.15. The second-order valence-electron chi connectivity index (χ2n) is 6.86. The van der Waals surface area contributed by atoms with Gasteiger partial charge in [-0.05, 0) is 50.1 Å². The molecule has 0 fully saturated rings. The maximum atomic E-state index is 13.8. The first-order valence-electron chi connectivity index (χ1n) is 9.53. The largest absolute Gasteiger partial charge is 0.481 e. The van der Waals surface area contributed by atoms with Crippen molar-refractivity contribution in [1.82, 2.24) is 10.2 Å². The molecular weight excluding hydrogens is 439 g/mol. The molecule has 0 aliphatic heterocycles. The molecule has 0 saturated carbocycles. The van der Waals surface area contributed by atoms with Gasteiger partial charge in [-0.25, -0.2) is 4.39 Å². The van der Waals surface area contributed by atoms with Crippen LogP contribution < -0.4 is 10.1 Å². The summed E-state index contributed by atoms with van der Waals surface area (Å²) in [5.74, 6) is -1.18. The van der Waals surface area contributed by atoms with Crippen molar-refractivity contribution in [3.05, 3.63) is 64.4 Å². The van der Waals surface area contributed by atoms with Crippen molar-refractivity contribution in [3.63, 3.8) is 0 Å². The molecule has 0 aromatic heterocycles. The van der Waals surface area contributed by atoms with E-state index in [2.05, 4.69) is 21.2 Å². The Morgan fingerprint density at radius 1 is 1.14 bits per heavy atom. The van der Waals surface area contributed by atoms with Crippen molar-refractivity contribution >= 4 is 27.7 Å². The molecule has 0 aliphatic carbocycles. The molecule has 0 unspecified atom stereocenters. The van der Waals surface area contributed by atoms with E-state index in [4.69, 9.17) is 4.74 Å². The summed E-state index contributed by atoms with van der Waals surface area (Å²) >= 11 is 3.39. The molecule has 0 heterocycles. The minimum absolute atomic E-state index is 0.00107. The highest BCUT2D eigenvalue weighted by molar-refractivity contribution is 9.10. The van der Waals surface area contributed by atoms with Gasteiger partial charge in [0.15, 0.2) is 18.2 Å². The third-order valence-corrected chi connectivity index (χ3v) is 5.15. The number of hydrogen-bond acceptors (Lipinski definition) is 3. The van der Waals surface area contributed by atoms with E-state index in [1.165, 1.54) is 17.0 Å². The number of para-hydroxylation sites is 1. The number of amides is 2. The van der Waals surface area contributed by atoms with Crippen LogP contribution in [0.2, 0.25) is 0 Å². The van der Waals surface area contributed by atoms with Crippen LogP contribution >= 0.6 is 15.9 Å². The standard InChI is InChI=1S/C22H26BrFN2O3/c1-4-15(2)25-22(28)16(3)26(13-17-9-11-18(23)12-10-17)21(27)14-29-20-8-6-5-7-19(20)24/h5-12,15-16H,4,13-14H2,1-3H3,(H,25,28)/t15-,16-/m1/s1. The van der Waals surface area contributed by atoms with E-state index in [1.54, 1.807) is 19.1 Å². The number of carbonyl (C=O) groups is 2. The Kier molecular flexibility index (Phi) is 8.64. The highest BCUT2D eigenvalue weighted by atomic mass is 79.9. The van der Waals surface area contributed by atoms with Gasteiger partial charge in [0.05, 0.1) is 0 Å². The Hall–Kier alpha value is -2.41. The Morgan fingerprint density at radius 3 is 2.41 bits per heavy atom. The number of hydrogen-bond donors (Lipinski definition) is 1. The van der Waals surface area contributed by atoms with E-state index in [0.717, 1.165) is 16.5 Å². The van der Waals surface area contributed by atoms with Crippen molar-refractivity contribution in [2.75, 3.05) is 6.61 Å². The third kappa shape index (κ3) is 6.85. The number of benzene rings is 2. The monoisotopic (exact) mass is 464 g/mol. The lowest BCUT2D eigenvalue weighted by molar-refractivity contribution is -0.142. The topological polar surface area (TPSA) is 58.6 Å². The zero-order valence-corrected chi connectivity index (χ0v) is 18.4. The van der Waals surface area contributed by atoms with Crippen molar-refractivity contribution in [3.8, 4) is 5.75 Å². The normalized spacial score (nSPS) is 12.7. The van der Waals surface area contributed by atoms with Crippen LogP contribution in [0.1, 0.15) is 32.8 Å². The molecule has 2 amide bonds. The molecule has 2 rings (SSSR count). The second kappa shape index (κ2) is 11.0. The SMILES string of the molecule is CC[C@@H](C)NC(=O)[C@@H](C)N(Cc1ccc(Br)cc1)C(=O)COc1ccccc1F. The average Bonchev–Trinajstić information content (AvgIpc) is 2.71. The van der Waals surface area contributed by atoms with Gasteiger partial charge < -0.3 is 15.0 Å². The smallest absolute Gasteiger partial charge is 0.261 e. The summed E-state index contributed by atoms with van der Waals surface area (Å²) in [6.07, 6.45) is 0.787. The molecule has 156 valence electrons. The van der Waals surface area contributed by atoms with Gasteiger partial charge in [-0.15, -0.1) is 0 Å². The zero-order chi connectivity index (χ0) is 21.4. The maximum absolute atomic E-state index is 13.8. The van der Waals surface area contributed by atoms with Crippen LogP contribution in [0.3, 0.4) is 0 Å². The molecular formula is C22H26BrFN2O3. The van der Waals surface area contributed by atoms with Gasteiger partial charge in [0.2, 0.25) is 5.91 Å². The van der Waals surface area contributed by atoms with Gasteiger partial charge in [0, 0.05) is 17.1 Å². The lowest BCUT2D eigenvalue weighted by atomic mass is 10.1. The highest BCUT2D eigenvalue weighted by Gasteiger charge is 2.27. The van der Waals surface area contributed by atoms with Crippen LogP contribution in [0.5, 0.6) is 5.75 Å². The Bertz CT molecular complexity index is 829. The van der Waals surface area contributed by atoms with Crippen LogP contribution in [0, 0.1) is 5.82 Å². The van der Waals surface area contributed by atoms with E-state index in [0.29, 0.717) is 0 Å². The van der Waals surface area contributed by atoms with E-state index in [-0.39, 0.29) is 30.9 Å². The molecule has 0 bridgehead atoms. The number of rotatable bonds is 9. The van der Waals surface area contributed by atoms with E-state index < -0.39 is 17.8 Å². The number of nitrogens with zero attached hydrogens (tertiary/aromatic N) is 1. The van der Waals surface area contributed by atoms with Gasteiger partial charge in [0.1, 0.15) is 6.04 Å². The number of carbonyl (C=O) groups excluding carboxylic acids is 2. The molecule has 0 aliphatic rings. The maximum Gasteiger partial charge on any atom is 0.261 e. The number of nitrogens with one attached hydrogen (secondary N) is 1. The number of halogens is 2. The fraction of sp³-hybridized carbons (Fsp3) is 0.364. The summed E-state index contributed by atoms with van der Waals surface area (Å²) in [7, 11) is 0. The summed E-state index contributed by atoms with van der Waals surface area (Å²) in [5.41, 5.74) is 0.871. The van der Waals surface area contributed by atoms with E-state index >= 15 is 0 Å². The molecule has 0 radical (unpaired) electrons. The quantitative estimate of drug-likeness (QED) is 0.601. The minimum Gasteiger partial charge on any atom is -0.481 e. The molecule has 2 aromatic carbocycles. The van der Waals surface area contributed by atoms with Crippen molar-refractivity contribution in [2.45, 2.75) is 45.8 Å². The highest BCUT2D eigenvalue weighted by Crippen LogP contribution is 2.17. The first kappa shape index (κ1) is 22.9. The lowest BCUT2D eigenvalue weighted by Crippen LogP contribution is -2.50. The molecule has 0 spiro atoms. The average molecular weight is 465 g/mol. The zero-order valence-electron chi connectivity index (χ0n) is 16.8. The van der Waals surface area contributed by atoms with Gasteiger partial charge >= 0.3 is 0 Å². The predicted molar refractivity (Wildman–Crippen MR) is 114 cm³/mol. The first-order chi connectivity index (χ1) is 13.8. The molecule has 2 atom stereocenters. The second-order valence-corrected chi connectivity index (χ2v) is 7.78. The summed E-state index contributed by atoms with van der Waals surface area (Å²) in [6.45, 7) is 5.44. The summed E-state index contributed by atoms with van der Waals surface area (Å²) in [5, 5.41) is 2.90. The molecule has 7 heteroatoms. The van der Waals surface area contributed by atoms with E-state index in [1.807, 2.05) is 38.1 Å². The van der Waals surface area contributed by atoms with Crippen LogP contribution in [0.25, 0.3) is 0 Å². The third-order valence-electron chi connectivity index (χ3n) is 4.62. The summed E-state index contributed by atoms with van der Waals surface area (Å²) in [6, 6.07) is 12.7. The van der Waals surface area contributed by atoms with Gasteiger partial charge in [-0.2, -0.15) is 0 Å². The van der Waals surface area contributed by atoms with Crippen LogP contribution in [0.15, 0.2) is 53.0 Å². The first-order valence-corrected chi connectivity index (χ1v) is 10.3. The number of ether oxygens (including phenoxy) is 1. The molecule has 29 heavy (non-hydrogen) atoms. The summed E-state index contributed by atoms with van der Waals surface area (Å²) in [4.78, 5) is 27.0. The van der Waals surface area contributed by atoms with Crippen LogP contribution in [-0.4, -0.2) is 35.4 Å². The Labute approximate surface area is 179 Å². The summed E-state index contributed by atoms with van der Waals surface area (Å²) < 4.78 is 20.1. The fourth-order valence-corrected chi connectivity index (χ4v) is 2.88. The Morgan fingerprint density at radius 2 is 1.79 bits per heavy atom. The predicted octanol–water partition coefficient (Wildman–Crippen LogP) is 4.30. The molecule has 2 aromatic rings. The fourth-order valence-electron chi connectivity index (χ4n) is 2.62. The van der Waals surface area contributed by atoms with Crippen LogP contribution in [0.4, 0.5) is 4.39 Å². The van der Waals surface area contributed by atoms with Crippen molar-refractivity contribution in [1.29, 1.82) is 0 Å². The van der Waals surface area contributed by atoms with E-state index in [9.17, 15) is 14.0 Å². The molecule has 0 saturated heterocycles.